The van der Waals surface area contributed by atoms with Crippen LogP contribution in [0.4, 0.5) is 0 Å². The number of rotatable bonds is 4. The van der Waals surface area contributed by atoms with E-state index in [9.17, 15) is 5.11 Å². The van der Waals surface area contributed by atoms with Crippen LogP contribution in [0, 0.1) is 12.8 Å². The van der Waals surface area contributed by atoms with Crippen molar-refractivity contribution in [2.24, 2.45) is 5.92 Å². The van der Waals surface area contributed by atoms with E-state index in [0.29, 0.717) is 12.0 Å². The highest BCUT2D eigenvalue weighted by atomic mass is 16.3. The van der Waals surface area contributed by atoms with E-state index >= 15 is 0 Å². The van der Waals surface area contributed by atoms with Crippen molar-refractivity contribution in [3.05, 3.63) is 35.6 Å². The Morgan fingerprint density at radius 2 is 2.15 bits per heavy atom. The summed E-state index contributed by atoms with van der Waals surface area (Å²) in [6.45, 7) is 4.55. The summed E-state index contributed by atoms with van der Waals surface area (Å²) in [6, 6.07) is 8.76. The molecule has 1 fully saturated rings. The molecule has 2 N–H and O–H groups in total. The molecule has 108 valence electrons. The number of fused-ring (bicyclic) bond motifs is 1. The third-order valence-corrected chi connectivity index (χ3v) is 4.63. The number of hydrogen-bond acceptors (Lipinski definition) is 3. The quantitative estimate of drug-likeness (QED) is 0.895. The molecule has 0 amide bonds. The normalized spacial score (nSPS) is 24.4. The Morgan fingerprint density at radius 3 is 2.90 bits per heavy atom. The van der Waals surface area contributed by atoms with Crippen molar-refractivity contribution < 1.29 is 9.52 Å². The first-order valence-corrected chi connectivity index (χ1v) is 7.55. The van der Waals surface area contributed by atoms with Gasteiger partial charge in [0.05, 0.1) is 6.04 Å². The van der Waals surface area contributed by atoms with Gasteiger partial charge >= 0.3 is 0 Å². The van der Waals surface area contributed by atoms with Gasteiger partial charge in [0.2, 0.25) is 0 Å². The van der Waals surface area contributed by atoms with Crippen LogP contribution in [-0.4, -0.2) is 17.8 Å². The standard InChI is InChI=1S/C17H23NO2/c1-11-14-7-3-4-9-16(14)20-17(11)12(2)18-15-8-5-6-13(15)10-19/h3-4,7,9,12-13,15,18-19H,5-6,8,10H2,1-2H3. The molecule has 3 nitrogen and oxygen atoms in total. The van der Waals surface area contributed by atoms with Crippen LogP contribution in [0.1, 0.15) is 43.6 Å². The van der Waals surface area contributed by atoms with Crippen LogP contribution in [0.25, 0.3) is 11.0 Å². The van der Waals surface area contributed by atoms with Crippen molar-refractivity contribution in [2.75, 3.05) is 6.61 Å². The van der Waals surface area contributed by atoms with E-state index in [4.69, 9.17) is 4.42 Å². The van der Waals surface area contributed by atoms with E-state index in [1.54, 1.807) is 0 Å². The van der Waals surface area contributed by atoms with E-state index in [1.165, 1.54) is 17.4 Å². The van der Waals surface area contributed by atoms with Gasteiger partial charge in [-0.05, 0) is 44.2 Å². The van der Waals surface area contributed by atoms with Gasteiger partial charge in [0.25, 0.3) is 0 Å². The lowest BCUT2D eigenvalue weighted by Gasteiger charge is -2.23. The maximum atomic E-state index is 9.43. The molecule has 1 heterocycles. The molecule has 3 unspecified atom stereocenters. The van der Waals surface area contributed by atoms with Crippen molar-refractivity contribution in [3.8, 4) is 0 Å². The minimum atomic E-state index is 0.180. The Hall–Kier alpha value is -1.32. The molecule has 1 aromatic carbocycles. The Kier molecular flexibility index (Phi) is 3.81. The number of furan rings is 1. The lowest BCUT2D eigenvalue weighted by atomic mass is 10.0. The molecule has 0 radical (unpaired) electrons. The summed E-state index contributed by atoms with van der Waals surface area (Å²) in [5.41, 5.74) is 2.18. The fourth-order valence-corrected chi connectivity index (χ4v) is 3.48. The number of aliphatic hydroxyl groups is 1. The van der Waals surface area contributed by atoms with Crippen molar-refractivity contribution in [3.63, 3.8) is 0 Å². The third-order valence-electron chi connectivity index (χ3n) is 4.63. The van der Waals surface area contributed by atoms with Crippen LogP contribution >= 0.6 is 0 Å². The number of benzene rings is 1. The maximum absolute atomic E-state index is 9.43. The molecule has 1 saturated carbocycles. The van der Waals surface area contributed by atoms with Crippen LogP contribution < -0.4 is 5.32 Å². The number of para-hydroxylation sites is 1. The van der Waals surface area contributed by atoms with Crippen LogP contribution in [0.2, 0.25) is 0 Å². The predicted molar refractivity (Wildman–Crippen MR) is 80.7 cm³/mol. The van der Waals surface area contributed by atoms with Crippen LogP contribution in [-0.2, 0) is 0 Å². The first-order valence-electron chi connectivity index (χ1n) is 7.55. The zero-order chi connectivity index (χ0) is 14.1. The largest absolute Gasteiger partial charge is 0.459 e. The number of aryl methyl sites for hydroxylation is 1. The van der Waals surface area contributed by atoms with Gasteiger partial charge < -0.3 is 14.8 Å². The zero-order valence-electron chi connectivity index (χ0n) is 12.2. The topological polar surface area (TPSA) is 45.4 Å². The minimum Gasteiger partial charge on any atom is -0.459 e. The fraction of sp³-hybridized carbons (Fsp3) is 0.529. The molecule has 0 saturated heterocycles. The average molecular weight is 273 g/mol. The highest BCUT2D eigenvalue weighted by molar-refractivity contribution is 5.82. The highest BCUT2D eigenvalue weighted by Gasteiger charge is 2.29. The van der Waals surface area contributed by atoms with E-state index < -0.39 is 0 Å². The summed E-state index contributed by atoms with van der Waals surface area (Å²) in [4.78, 5) is 0. The second-order valence-electron chi connectivity index (χ2n) is 5.96. The van der Waals surface area contributed by atoms with Crippen molar-refractivity contribution in [2.45, 2.75) is 45.2 Å². The summed E-state index contributed by atoms with van der Waals surface area (Å²) in [6.07, 6.45) is 3.48. The van der Waals surface area contributed by atoms with Gasteiger partial charge in [0.15, 0.2) is 0 Å². The van der Waals surface area contributed by atoms with Gasteiger partial charge in [-0.25, -0.2) is 0 Å². The smallest absolute Gasteiger partial charge is 0.134 e. The van der Waals surface area contributed by atoms with Gasteiger partial charge in [-0.3, -0.25) is 0 Å². The van der Waals surface area contributed by atoms with Gasteiger partial charge in [-0.2, -0.15) is 0 Å². The molecular formula is C17H23NO2. The summed E-state index contributed by atoms with van der Waals surface area (Å²) in [5, 5.41) is 14.3. The van der Waals surface area contributed by atoms with E-state index in [-0.39, 0.29) is 12.6 Å². The molecular weight excluding hydrogens is 250 g/mol. The number of nitrogens with one attached hydrogen (secondary N) is 1. The predicted octanol–water partition coefficient (Wildman–Crippen LogP) is 3.55. The Balaban J connectivity index is 1.82. The molecule has 0 aliphatic heterocycles. The van der Waals surface area contributed by atoms with E-state index in [2.05, 4.69) is 25.2 Å². The molecule has 0 spiro atoms. The lowest BCUT2D eigenvalue weighted by Crippen LogP contribution is -2.35. The summed E-state index contributed by atoms with van der Waals surface area (Å²) >= 11 is 0. The van der Waals surface area contributed by atoms with Crippen molar-refractivity contribution in [1.82, 2.24) is 5.32 Å². The molecule has 1 aliphatic carbocycles. The van der Waals surface area contributed by atoms with Crippen molar-refractivity contribution >= 4 is 11.0 Å². The third kappa shape index (κ3) is 2.36. The lowest BCUT2D eigenvalue weighted by molar-refractivity contribution is 0.198. The molecule has 3 rings (SSSR count). The molecule has 20 heavy (non-hydrogen) atoms. The van der Waals surface area contributed by atoms with Crippen molar-refractivity contribution in [1.29, 1.82) is 0 Å². The average Bonchev–Trinajstić information content (AvgIpc) is 3.04. The number of aliphatic hydroxyl groups excluding tert-OH is 1. The van der Waals surface area contributed by atoms with Gasteiger partial charge in [-0.15, -0.1) is 0 Å². The molecule has 2 aromatic rings. The molecule has 3 atom stereocenters. The maximum Gasteiger partial charge on any atom is 0.134 e. The molecule has 1 aromatic heterocycles. The summed E-state index contributed by atoms with van der Waals surface area (Å²) < 4.78 is 6.01. The summed E-state index contributed by atoms with van der Waals surface area (Å²) in [7, 11) is 0. The fourth-order valence-electron chi connectivity index (χ4n) is 3.48. The Bertz CT molecular complexity index is 590. The van der Waals surface area contributed by atoms with Gasteiger partial charge in [-0.1, -0.05) is 24.6 Å². The second kappa shape index (κ2) is 5.58. The van der Waals surface area contributed by atoms with Crippen LogP contribution in [0.15, 0.2) is 28.7 Å². The minimum absolute atomic E-state index is 0.180. The van der Waals surface area contributed by atoms with E-state index in [1.807, 2.05) is 18.2 Å². The first-order chi connectivity index (χ1) is 9.70. The molecule has 3 heteroatoms. The van der Waals surface area contributed by atoms with Gasteiger partial charge in [0, 0.05) is 18.0 Å². The second-order valence-corrected chi connectivity index (χ2v) is 5.96. The number of hydrogen-bond donors (Lipinski definition) is 2. The SMILES string of the molecule is Cc1c(C(C)NC2CCCC2CO)oc2ccccc12. The zero-order valence-corrected chi connectivity index (χ0v) is 12.2. The van der Waals surface area contributed by atoms with Crippen LogP contribution in [0.5, 0.6) is 0 Å². The molecule has 0 bridgehead atoms. The van der Waals surface area contributed by atoms with E-state index in [0.717, 1.165) is 24.2 Å². The monoisotopic (exact) mass is 273 g/mol. The van der Waals surface area contributed by atoms with Crippen LogP contribution in [0.3, 0.4) is 0 Å². The Morgan fingerprint density at radius 1 is 1.35 bits per heavy atom. The summed E-state index contributed by atoms with van der Waals surface area (Å²) in [5.74, 6) is 1.41. The van der Waals surface area contributed by atoms with Gasteiger partial charge in [0.1, 0.15) is 11.3 Å². The highest BCUT2D eigenvalue weighted by Crippen LogP contribution is 2.32. The molecule has 1 aliphatic rings. The first kappa shape index (κ1) is 13.7. The Labute approximate surface area is 120 Å².